The Hall–Kier alpha value is -4.09. The van der Waals surface area contributed by atoms with E-state index in [1.807, 2.05) is 13.8 Å². The number of nitrogens with one attached hydrogen (secondary N) is 2. The maximum atomic E-state index is 12.5. The van der Waals surface area contributed by atoms with E-state index in [9.17, 15) is 9.59 Å². The van der Waals surface area contributed by atoms with Crippen LogP contribution in [0.5, 0.6) is 0 Å². The second kappa shape index (κ2) is 8.29. The van der Waals surface area contributed by atoms with Gasteiger partial charge in [0.25, 0.3) is 5.91 Å². The zero-order valence-electron chi connectivity index (χ0n) is 15.9. The number of hydrogen-bond donors (Lipinski definition) is 3. The average molecular weight is 397 g/mol. The monoisotopic (exact) mass is 397 g/mol. The summed E-state index contributed by atoms with van der Waals surface area (Å²) in [6.45, 7) is 5.17. The topological polar surface area (TPSA) is 166 Å². The van der Waals surface area contributed by atoms with E-state index in [4.69, 9.17) is 5.73 Å². The van der Waals surface area contributed by atoms with Crippen molar-refractivity contribution in [3.05, 3.63) is 41.2 Å². The van der Waals surface area contributed by atoms with Crippen molar-refractivity contribution in [2.75, 3.05) is 11.1 Å². The maximum Gasteiger partial charge on any atom is 0.293 e. The third kappa shape index (κ3) is 4.43. The normalized spacial score (nSPS) is 11.2. The standard InChI is InChI=1S/C17H19N9O3/c1-9(2)14-13(21-25-26(14)16-15(18)23-29-24-16)17(28)22-19-8-11-4-6-12(7-5-11)20-10(3)27/h4-9H,1-3H3,(H2,18,23)(H,20,27)(H,22,28)/b19-8+. The van der Waals surface area contributed by atoms with Crippen LogP contribution in [-0.4, -0.2) is 43.3 Å². The number of nitrogens with two attached hydrogens (primary N) is 1. The first-order chi connectivity index (χ1) is 13.9. The van der Waals surface area contributed by atoms with Crippen LogP contribution >= 0.6 is 0 Å². The van der Waals surface area contributed by atoms with Gasteiger partial charge in [-0.2, -0.15) is 9.78 Å². The van der Waals surface area contributed by atoms with Crippen LogP contribution in [-0.2, 0) is 4.79 Å². The highest BCUT2D eigenvalue weighted by Crippen LogP contribution is 2.22. The van der Waals surface area contributed by atoms with Crippen LogP contribution in [0.15, 0.2) is 34.0 Å². The second-order valence-electron chi connectivity index (χ2n) is 6.37. The Morgan fingerprint density at radius 3 is 2.55 bits per heavy atom. The van der Waals surface area contributed by atoms with E-state index in [0.29, 0.717) is 11.4 Å². The van der Waals surface area contributed by atoms with E-state index in [2.05, 4.69) is 41.1 Å². The lowest BCUT2D eigenvalue weighted by atomic mass is 10.1. The van der Waals surface area contributed by atoms with Crippen LogP contribution < -0.4 is 16.5 Å². The molecule has 0 aliphatic heterocycles. The number of carbonyl (C=O) groups excluding carboxylic acids is 2. The fraction of sp³-hybridized carbons (Fsp3) is 0.235. The quantitative estimate of drug-likeness (QED) is 0.410. The molecule has 2 amide bonds. The van der Waals surface area contributed by atoms with Crippen LogP contribution in [0.25, 0.3) is 5.82 Å². The summed E-state index contributed by atoms with van der Waals surface area (Å²) in [6, 6.07) is 6.95. The van der Waals surface area contributed by atoms with Gasteiger partial charge in [0.05, 0.1) is 11.9 Å². The van der Waals surface area contributed by atoms with Gasteiger partial charge in [-0.15, -0.1) is 5.10 Å². The van der Waals surface area contributed by atoms with Gasteiger partial charge in [-0.05, 0) is 33.9 Å². The highest BCUT2D eigenvalue weighted by molar-refractivity contribution is 5.94. The molecule has 2 aromatic heterocycles. The van der Waals surface area contributed by atoms with Gasteiger partial charge >= 0.3 is 0 Å². The zero-order chi connectivity index (χ0) is 21.0. The van der Waals surface area contributed by atoms with Gasteiger partial charge in [-0.1, -0.05) is 31.2 Å². The fourth-order valence-electron chi connectivity index (χ4n) is 2.54. The molecule has 0 saturated carbocycles. The molecule has 0 fully saturated rings. The van der Waals surface area contributed by atoms with E-state index in [-0.39, 0.29) is 29.2 Å². The van der Waals surface area contributed by atoms with Gasteiger partial charge in [0, 0.05) is 12.6 Å². The summed E-state index contributed by atoms with van der Waals surface area (Å²) in [4.78, 5) is 23.6. The molecule has 0 unspecified atom stereocenters. The third-order valence-corrected chi connectivity index (χ3v) is 3.77. The molecular formula is C17H19N9O3. The summed E-state index contributed by atoms with van der Waals surface area (Å²) in [5, 5.41) is 21.7. The largest absolute Gasteiger partial charge is 0.378 e. The summed E-state index contributed by atoms with van der Waals surface area (Å²) in [5.74, 6) is -0.628. The summed E-state index contributed by atoms with van der Waals surface area (Å²) in [7, 11) is 0. The van der Waals surface area contributed by atoms with Gasteiger partial charge < -0.3 is 11.1 Å². The predicted octanol–water partition coefficient (Wildman–Crippen LogP) is 1.08. The molecule has 3 rings (SSSR count). The average Bonchev–Trinajstić information content (AvgIpc) is 3.28. The predicted molar refractivity (Wildman–Crippen MR) is 104 cm³/mol. The Balaban J connectivity index is 1.74. The number of nitrogen functional groups attached to an aromatic ring is 1. The maximum absolute atomic E-state index is 12.5. The van der Waals surface area contributed by atoms with Crippen molar-refractivity contribution in [3.8, 4) is 5.82 Å². The number of hydrogen-bond acceptors (Lipinski definition) is 9. The number of aromatic nitrogens is 5. The van der Waals surface area contributed by atoms with Gasteiger partial charge in [-0.25, -0.2) is 10.1 Å². The number of anilines is 2. The lowest BCUT2D eigenvalue weighted by molar-refractivity contribution is -0.114. The molecule has 0 radical (unpaired) electrons. The minimum absolute atomic E-state index is 0.0319. The molecule has 4 N–H and O–H groups in total. The van der Waals surface area contributed by atoms with Crippen LogP contribution in [0.2, 0.25) is 0 Å². The van der Waals surface area contributed by atoms with Crippen LogP contribution in [0.1, 0.15) is 48.4 Å². The van der Waals surface area contributed by atoms with E-state index in [1.54, 1.807) is 24.3 Å². The zero-order valence-corrected chi connectivity index (χ0v) is 15.9. The van der Waals surface area contributed by atoms with Crippen LogP contribution in [0.4, 0.5) is 11.5 Å². The smallest absolute Gasteiger partial charge is 0.293 e. The van der Waals surface area contributed by atoms with E-state index >= 15 is 0 Å². The summed E-state index contributed by atoms with van der Waals surface area (Å²) in [5.41, 5.74) is 10.1. The molecule has 0 bridgehead atoms. The van der Waals surface area contributed by atoms with Crippen molar-refractivity contribution < 1.29 is 14.2 Å². The highest BCUT2D eigenvalue weighted by Gasteiger charge is 2.25. The van der Waals surface area contributed by atoms with Gasteiger partial charge in [0.15, 0.2) is 5.69 Å². The minimum Gasteiger partial charge on any atom is -0.378 e. The Morgan fingerprint density at radius 1 is 1.24 bits per heavy atom. The van der Waals surface area contributed by atoms with Crippen molar-refractivity contribution >= 4 is 29.5 Å². The molecule has 0 saturated heterocycles. The number of nitrogens with zero attached hydrogens (tertiary/aromatic N) is 6. The SMILES string of the molecule is CC(=O)Nc1ccc(/C=N/NC(=O)c2nnn(-c3nonc3N)c2C(C)C)cc1. The molecule has 0 aliphatic carbocycles. The van der Waals surface area contributed by atoms with Crippen LogP contribution in [0.3, 0.4) is 0 Å². The first-order valence-corrected chi connectivity index (χ1v) is 8.62. The first-order valence-electron chi connectivity index (χ1n) is 8.62. The Kier molecular flexibility index (Phi) is 5.62. The second-order valence-corrected chi connectivity index (χ2v) is 6.37. The van der Waals surface area contributed by atoms with E-state index in [1.165, 1.54) is 17.8 Å². The molecule has 2 heterocycles. The molecular weight excluding hydrogens is 378 g/mol. The Bertz CT molecular complexity index is 1050. The Morgan fingerprint density at radius 2 is 1.97 bits per heavy atom. The van der Waals surface area contributed by atoms with Crippen molar-refractivity contribution in [1.82, 2.24) is 30.7 Å². The van der Waals surface area contributed by atoms with E-state index < -0.39 is 5.91 Å². The van der Waals surface area contributed by atoms with Gasteiger partial charge in [-0.3, -0.25) is 9.59 Å². The molecule has 0 aliphatic rings. The molecule has 29 heavy (non-hydrogen) atoms. The lowest BCUT2D eigenvalue weighted by Crippen LogP contribution is -2.21. The fourth-order valence-corrected chi connectivity index (χ4v) is 2.54. The lowest BCUT2D eigenvalue weighted by Gasteiger charge is -2.08. The number of hydrazone groups is 1. The number of carbonyl (C=O) groups is 2. The molecule has 12 nitrogen and oxygen atoms in total. The minimum atomic E-state index is -0.541. The van der Waals surface area contributed by atoms with Crippen LogP contribution in [0, 0.1) is 0 Å². The molecule has 0 spiro atoms. The molecule has 3 aromatic rings. The third-order valence-electron chi connectivity index (χ3n) is 3.77. The summed E-state index contributed by atoms with van der Waals surface area (Å²) < 4.78 is 5.90. The summed E-state index contributed by atoms with van der Waals surface area (Å²) in [6.07, 6.45) is 1.47. The molecule has 12 heteroatoms. The highest BCUT2D eigenvalue weighted by atomic mass is 16.6. The first kappa shape index (κ1) is 19.7. The Labute approximate surface area is 165 Å². The molecule has 150 valence electrons. The van der Waals surface area contributed by atoms with Gasteiger partial charge in [0.1, 0.15) is 0 Å². The van der Waals surface area contributed by atoms with Gasteiger partial charge in [0.2, 0.25) is 17.5 Å². The van der Waals surface area contributed by atoms with Crippen molar-refractivity contribution in [2.45, 2.75) is 26.7 Å². The molecule has 0 atom stereocenters. The van der Waals surface area contributed by atoms with Crippen molar-refractivity contribution in [2.24, 2.45) is 5.10 Å². The summed E-state index contributed by atoms with van der Waals surface area (Å²) >= 11 is 0. The van der Waals surface area contributed by atoms with Crippen molar-refractivity contribution in [1.29, 1.82) is 0 Å². The van der Waals surface area contributed by atoms with Crippen molar-refractivity contribution in [3.63, 3.8) is 0 Å². The molecule has 1 aromatic carbocycles. The number of rotatable bonds is 6. The number of amides is 2. The number of benzene rings is 1. The van der Waals surface area contributed by atoms with E-state index in [0.717, 1.165) is 5.56 Å².